The van der Waals surface area contributed by atoms with E-state index in [9.17, 15) is 14.7 Å². The lowest BCUT2D eigenvalue weighted by Crippen LogP contribution is -2.44. The maximum Gasteiger partial charge on any atom is 0.326 e. The van der Waals surface area contributed by atoms with E-state index in [1.807, 2.05) is 0 Å². The minimum Gasteiger partial charge on any atom is -0.480 e. The maximum atomic E-state index is 12.3. The van der Waals surface area contributed by atoms with Crippen LogP contribution in [0.15, 0.2) is 0 Å². The van der Waals surface area contributed by atoms with E-state index in [2.05, 4.69) is 0 Å². The second-order valence-electron chi connectivity index (χ2n) is 5.82. The number of carbonyl (C=O) groups excluding carboxylic acids is 1. The number of ether oxygens (including phenoxy) is 1. The van der Waals surface area contributed by atoms with Crippen molar-refractivity contribution in [3.8, 4) is 0 Å². The second kappa shape index (κ2) is 7.62. The van der Waals surface area contributed by atoms with Gasteiger partial charge >= 0.3 is 5.97 Å². The Bertz CT molecular complexity index is 339. The number of nitrogens with zero attached hydrogens (tertiary/aromatic N) is 1. The lowest BCUT2D eigenvalue weighted by molar-refractivity contribution is -0.150. The van der Waals surface area contributed by atoms with Crippen LogP contribution in [0.4, 0.5) is 0 Å². The third-order valence-electron chi connectivity index (χ3n) is 4.31. The van der Waals surface area contributed by atoms with E-state index >= 15 is 0 Å². The molecule has 2 atom stereocenters. The molecule has 0 spiro atoms. The van der Waals surface area contributed by atoms with Gasteiger partial charge in [-0.25, -0.2) is 4.79 Å². The molecule has 0 aliphatic carbocycles. The van der Waals surface area contributed by atoms with Gasteiger partial charge in [0.05, 0.1) is 6.10 Å². The Hall–Kier alpha value is -1.10. The Morgan fingerprint density at radius 1 is 1.10 bits per heavy atom. The normalized spacial score (nSPS) is 27.9. The molecule has 114 valence electrons. The topological polar surface area (TPSA) is 66.8 Å². The van der Waals surface area contributed by atoms with E-state index in [1.54, 1.807) is 4.90 Å². The Labute approximate surface area is 120 Å². The van der Waals surface area contributed by atoms with Gasteiger partial charge in [-0.1, -0.05) is 12.8 Å². The Balaban J connectivity index is 1.86. The monoisotopic (exact) mass is 283 g/mol. The van der Waals surface area contributed by atoms with Gasteiger partial charge in [-0.2, -0.15) is 0 Å². The summed E-state index contributed by atoms with van der Waals surface area (Å²) in [5.41, 5.74) is 0. The molecule has 2 heterocycles. The first-order valence-electron chi connectivity index (χ1n) is 7.82. The summed E-state index contributed by atoms with van der Waals surface area (Å²) < 4.78 is 5.63. The van der Waals surface area contributed by atoms with E-state index in [4.69, 9.17) is 4.74 Å². The highest BCUT2D eigenvalue weighted by molar-refractivity contribution is 5.83. The van der Waals surface area contributed by atoms with Crippen molar-refractivity contribution in [2.75, 3.05) is 13.2 Å². The van der Waals surface area contributed by atoms with Crippen molar-refractivity contribution in [2.45, 2.75) is 69.9 Å². The molecule has 5 nitrogen and oxygen atoms in total. The fraction of sp³-hybridized carbons (Fsp3) is 0.867. The molecular formula is C15H25NO4. The molecule has 0 bridgehead atoms. The van der Waals surface area contributed by atoms with Crippen LogP contribution >= 0.6 is 0 Å². The molecule has 1 N–H and O–H groups in total. The van der Waals surface area contributed by atoms with Crippen molar-refractivity contribution in [3.05, 3.63) is 0 Å². The van der Waals surface area contributed by atoms with Gasteiger partial charge < -0.3 is 14.7 Å². The molecule has 0 aromatic heterocycles. The minimum absolute atomic E-state index is 0.0199. The summed E-state index contributed by atoms with van der Waals surface area (Å²) in [5, 5.41) is 9.28. The summed E-state index contributed by atoms with van der Waals surface area (Å²) in [6.45, 7) is 1.38. The summed E-state index contributed by atoms with van der Waals surface area (Å²) in [6.07, 6.45) is 8.02. The van der Waals surface area contributed by atoms with Gasteiger partial charge in [0.1, 0.15) is 6.04 Å². The van der Waals surface area contributed by atoms with Crippen molar-refractivity contribution in [3.63, 3.8) is 0 Å². The standard InChI is InChI=1S/C15H25NO4/c17-14(9-8-12-6-3-5-11-20-12)16-10-4-1-2-7-13(16)15(18)19/h12-13H,1-11H2,(H,18,19). The molecule has 0 saturated carbocycles. The van der Waals surface area contributed by atoms with E-state index in [1.165, 1.54) is 6.42 Å². The highest BCUT2D eigenvalue weighted by Gasteiger charge is 2.30. The van der Waals surface area contributed by atoms with Crippen LogP contribution in [0.25, 0.3) is 0 Å². The number of carboxylic acids is 1. The van der Waals surface area contributed by atoms with Crippen molar-refractivity contribution >= 4 is 11.9 Å². The highest BCUT2D eigenvalue weighted by Crippen LogP contribution is 2.21. The summed E-state index contributed by atoms with van der Waals surface area (Å²) in [7, 11) is 0. The number of likely N-dealkylation sites (tertiary alicyclic amines) is 1. The zero-order chi connectivity index (χ0) is 14.4. The second-order valence-corrected chi connectivity index (χ2v) is 5.82. The summed E-state index contributed by atoms with van der Waals surface area (Å²) >= 11 is 0. The first-order chi connectivity index (χ1) is 9.68. The average molecular weight is 283 g/mol. The summed E-state index contributed by atoms with van der Waals surface area (Å²) in [5.74, 6) is -0.886. The third-order valence-corrected chi connectivity index (χ3v) is 4.31. The van der Waals surface area contributed by atoms with Crippen molar-refractivity contribution < 1.29 is 19.4 Å². The van der Waals surface area contributed by atoms with Gasteiger partial charge in [0, 0.05) is 19.6 Å². The van der Waals surface area contributed by atoms with Crippen molar-refractivity contribution in [2.24, 2.45) is 0 Å². The first kappa shape index (κ1) is 15.3. The minimum atomic E-state index is -0.867. The van der Waals surface area contributed by atoms with E-state index in [0.717, 1.165) is 45.1 Å². The predicted molar refractivity (Wildman–Crippen MR) is 74.4 cm³/mol. The molecule has 2 rings (SSSR count). The Morgan fingerprint density at radius 2 is 1.90 bits per heavy atom. The van der Waals surface area contributed by atoms with Gasteiger partial charge in [0.2, 0.25) is 5.91 Å². The molecule has 0 aromatic rings. The number of rotatable bonds is 4. The SMILES string of the molecule is O=C(O)C1CCCCCN1C(=O)CCC1CCCCO1. The summed E-state index contributed by atoms with van der Waals surface area (Å²) in [6, 6.07) is -0.628. The van der Waals surface area contributed by atoms with Gasteiger partial charge in [-0.3, -0.25) is 4.79 Å². The molecule has 2 aliphatic rings. The lowest BCUT2D eigenvalue weighted by atomic mass is 10.0. The Kier molecular flexibility index (Phi) is 5.83. The lowest BCUT2D eigenvalue weighted by Gasteiger charge is -2.28. The number of amides is 1. The molecule has 2 fully saturated rings. The Morgan fingerprint density at radius 3 is 2.60 bits per heavy atom. The number of carbonyl (C=O) groups is 2. The number of aliphatic carboxylic acids is 1. The molecular weight excluding hydrogens is 258 g/mol. The van der Waals surface area contributed by atoms with Crippen LogP contribution in [-0.4, -0.2) is 47.2 Å². The van der Waals surface area contributed by atoms with Crippen LogP contribution in [-0.2, 0) is 14.3 Å². The molecule has 0 aromatic carbocycles. The van der Waals surface area contributed by atoms with Crippen molar-refractivity contribution in [1.29, 1.82) is 0 Å². The number of hydrogen-bond donors (Lipinski definition) is 1. The van der Waals surface area contributed by atoms with E-state index < -0.39 is 12.0 Å². The third kappa shape index (κ3) is 4.20. The van der Waals surface area contributed by atoms with Crippen LogP contribution in [0.5, 0.6) is 0 Å². The fourth-order valence-electron chi connectivity index (χ4n) is 3.13. The van der Waals surface area contributed by atoms with Crippen LogP contribution in [0, 0.1) is 0 Å². The summed E-state index contributed by atoms with van der Waals surface area (Å²) in [4.78, 5) is 25.2. The zero-order valence-electron chi connectivity index (χ0n) is 12.1. The molecule has 2 aliphatic heterocycles. The van der Waals surface area contributed by atoms with E-state index in [-0.39, 0.29) is 12.0 Å². The van der Waals surface area contributed by atoms with Crippen LogP contribution in [0.2, 0.25) is 0 Å². The zero-order valence-corrected chi connectivity index (χ0v) is 12.1. The van der Waals surface area contributed by atoms with Crippen LogP contribution < -0.4 is 0 Å². The molecule has 2 saturated heterocycles. The predicted octanol–water partition coefficient (Wildman–Crippen LogP) is 2.19. The number of hydrogen-bond acceptors (Lipinski definition) is 3. The largest absolute Gasteiger partial charge is 0.480 e. The van der Waals surface area contributed by atoms with Crippen LogP contribution in [0.1, 0.15) is 57.8 Å². The quantitative estimate of drug-likeness (QED) is 0.859. The van der Waals surface area contributed by atoms with Gasteiger partial charge in [0.25, 0.3) is 0 Å². The molecule has 0 radical (unpaired) electrons. The van der Waals surface area contributed by atoms with Gasteiger partial charge in [-0.05, 0) is 38.5 Å². The first-order valence-corrected chi connectivity index (χ1v) is 7.82. The van der Waals surface area contributed by atoms with Gasteiger partial charge in [-0.15, -0.1) is 0 Å². The smallest absolute Gasteiger partial charge is 0.326 e. The average Bonchev–Trinajstić information content (AvgIpc) is 2.71. The maximum absolute atomic E-state index is 12.3. The molecule has 2 unspecified atom stereocenters. The molecule has 5 heteroatoms. The fourth-order valence-corrected chi connectivity index (χ4v) is 3.13. The molecule has 20 heavy (non-hydrogen) atoms. The number of carboxylic acid groups (broad SMARTS) is 1. The highest BCUT2D eigenvalue weighted by atomic mass is 16.5. The molecule has 1 amide bonds. The van der Waals surface area contributed by atoms with Gasteiger partial charge in [0.15, 0.2) is 0 Å². The van der Waals surface area contributed by atoms with Crippen molar-refractivity contribution in [1.82, 2.24) is 4.90 Å². The van der Waals surface area contributed by atoms with E-state index in [0.29, 0.717) is 19.4 Å². The van der Waals surface area contributed by atoms with Crippen LogP contribution in [0.3, 0.4) is 0 Å².